The second kappa shape index (κ2) is 3.70. The molecule has 1 atom stereocenters. The van der Waals surface area contributed by atoms with Crippen LogP contribution in [0.25, 0.3) is 0 Å². The summed E-state index contributed by atoms with van der Waals surface area (Å²) in [5.41, 5.74) is 2.38. The zero-order valence-electron chi connectivity index (χ0n) is 8.55. The van der Waals surface area contributed by atoms with Gasteiger partial charge in [-0.3, -0.25) is 0 Å². The second-order valence-electron chi connectivity index (χ2n) is 3.84. The number of hydrogen-bond donors (Lipinski definition) is 1. The fraction of sp³-hybridized carbons (Fsp3) is 0.455. The molecule has 0 bridgehead atoms. The molecule has 1 aromatic rings. The van der Waals surface area contributed by atoms with E-state index in [1.165, 1.54) is 11.4 Å². The molecule has 3 heteroatoms. The number of nitrogens with zero attached hydrogens (tertiary/aromatic N) is 1. The van der Waals surface area contributed by atoms with Gasteiger partial charge in [-0.25, -0.2) is 0 Å². The molecule has 1 N–H and O–H groups in total. The van der Waals surface area contributed by atoms with Gasteiger partial charge in [0.1, 0.15) is 0 Å². The van der Waals surface area contributed by atoms with Crippen molar-refractivity contribution in [3.8, 4) is 0 Å². The highest BCUT2D eigenvalue weighted by Crippen LogP contribution is 2.32. The molecule has 1 unspecified atom stereocenters. The van der Waals surface area contributed by atoms with Crippen molar-refractivity contribution in [3.63, 3.8) is 0 Å². The van der Waals surface area contributed by atoms with Crippen LogP contribution < -0.4 is 10.2 Å². The predicted octanol–water partition coefficient (Wildman–Crippen LogP) is 2.98. The molecule has 2 rings (SSSR count). The van der Waals surface area contributed by atoms with E-state index < -0.39 is 0 Å². The standard InChI is InChI=1S/C11H15ClN2/c1-8-5-6-13-10-4-3-9(12)7-11(10)14(8)2/h3-4,7-8,13H,5-6H2,1-2H3. The van der Waals surface area contributed by atoms with Gasteiger partial charge < -0.3 is 10.2 Å². The van der Waals surface area contributed by atoms with Crippen molar-refractivity contribution in [2.24, 2.45) is 0 Å². The minimum absolute atomic E-state index is 0.558. The first-order chi connectivity index (χ1) is 6.68. The van der Waals surface area contributed by atoms with E-state index in [0.717, 1.165) is 18.0 Å². The number of halogens is 1. The van der Waals surface area contributed by atoms with Crippen molar-refractivity contribution >= 4 is 23.0 Å². The first-order valence-corrected chi connectivity index (χ1v) is 5.32. The van der Waals surface area contributed by atoms with Crippen LogP contribution in [0.5, 0.6) is 0 Å². The largest absolute Gasteiger partial charge is 0.383 e. The third-order valence-electron chi connectivity index (χ3n) is 2.88. The van der Waals surface area contributed by atoms with Gasteiger partial charge in [0.15, 0.2) is 0 Å². The van der Waals surface area contributed by atoms with Gasteiger partial charge in [0, 0.05) is 24.7 Å². The summed E-state index contributed by atoms with van der Waals surface area (Å²) in [6.45, 7) is 3.26. The van der Waals surface area contributed by atoms with Gasteiger partial charge in [-0.15, -0.1) is 0 Å². The van der Waals surface area contributed by atoms with Crippen LogP contribution >= 0.6 is 11.6 Å². The summed E-state index contributed by atoms with van der Waals surface area (Å²) in [7, 11) is 2.12. The molecular formula is C11H15ClN2. The molecule has 0 amide bonds. The molecule has 1 aliphatic rings. The van der Waals surface area contributed by atoms with Gasteiger partial charge in [0.25, 0.3) is 0 Å². The van der Waals surface area contributed by atoms with Crippen LogP contribution in [-0.4, -0.2) is 19.6 Å². The summed E-state index contributed by atoms with van der Waals surface area (Å²) in [6.07, 6.45) is 1.16. The maximum Gasteiger partial charge on any atom is 0.0616 e. The summed E-state index contributed by atoms with van der Waals surface area (Å²) in [5, 5.41) is 4.21. The van der Waals surface area contributed by atoms with Crippen LogP contribution in [-0.2, 0) is 0 Å². The van der Waals surface area contributed by atoms with Gasteiger partial charge >= 0.3 is 0 Å². The first-order valence-electron chi connectivity index (χ1n) is 4.95. The van der Waals surface area contributed by atoms with Crippen LogP contribution in [0.2, 0.25) is 5.02 Å². The zero-order chi connectivity index (χ0) is 10.1. The fourth-order valence-electron chi connectivity index (χ4n) is 1.79. The highest BCUT2D eigenvalue weighted by Gasteiger charge is 2.17. The molecule has 0 fully saturated rings. The van der Waals surface area contributed by atoms with Crippen LogP contribution in [0.15, 0.2) is 18.2 Å². The maximum atomic E-state index is 5.99. The van der Waals surface area contributed by atoms with Gasteiger partial charge in [-0.1, -0.05) is 11.6 Å². The van der Waals surface area contributed by atoms with E-state index in [2.05, 4.69) is 24.2 Å². The van der Waals surface area contributed by atoms with Crippen LogP contribution in [0, 0.1) is 0 Å². The molecular weight excluding hydrogens is 196 g/mol. The Hall–Kier alpha value is -0.890. The van der Waals surface area contributed by atoms with Crippen molar-refractivity contribution in [2.75, 3.05) is 23.8 Å². The number of hydrogen-bond acceptors (Lipinski definition) is 2. The molecule has 0 spiro atoms. The van der Waals surface area contributed by atoms with Gasteiger partial charge in [0.05, 0.1) is 11.4 Å². The van der Waals surface area contributed by atoms with E-state index in [9.17, 15) is 0 Å². The van der Waals surface area contributed by atoms with E-state index >= 15 is 0 Å². The predicted molar refractivity (Wildman–Crippen MR) is 62.4 cm³/mol. The molecule has 0 radical (unpaired) electrons. The van der Waals surface area contributed by atoms with Crippen LogP contribution in [0.3, 0.4) is 0 Å². The van der Waals surface area contributed by atoms with E-state index in [4.69, 9.17) is 11.6 Å². The topological polar surface area (TPSA) is 15.3 Å². The Labute approximate surface area is 89.9 Å². The molecule has 1 aromatic carbocycles. The highest BCUT2D eigenvalue weighted by molar-refractivity contribution is 6.31. The molecule has 1 heterocycles. The lowest BCUT2D eigenvalue weighted by Crippen LogP contribution is -2.28. The number of anilines is 2. The third kappa shape index (κ3) is 1.67. The Kier molecular flexibility index (Phi) is 2.55. The van der Waals surface area contributed by atoms with Crippen LogP contribution in [0.4, 0.5) is 11.4 Å². The lowest BCUT2D eigenvalue weighted by atomic mass is 10.2. The van der Waals surface area contributed by atoms with Crippen molar-refractivity contribution in [1.82, 2.24) is 0 Å². The first kappa shape index (κ1) is 9.66. The monoisotopic (exact) mass is 210 g/mol. The smallest absolute Gasteiger partial charge is 0.0616 e. The molecule has 14 heavy (non-hydrogen) atoms. The Morgan fingerprint density at radius 2 is 2.29 bits per heavy atom. The maximum absolute atomic E-state index is 5.99. The number of fused-ring (bicyclic) bond motifs is 1. The molecule has 76 valence electrons. The average molecular weight is 211 g/mol. The lowest BCUT2D eigenvalue weighted by Gasteiger charge is -2.25. The van der Waals surface area contributed by atoms with E-state index in [0.29, 0.717) is 6.04 Å². The number of benzene rings is 1. The normalized spacial score (nSPS) is 21.1. The molecule has 2 nitrogen and oxygen atoms in total. The molecule has 0 saturated carbocycles. The quantitative estimate of drug-likeness (QED) is 0.708. The Bertz CT molecular complexity index is 338. The Morgan fingerprint density at radius 3 is 3.07 bits per heavy atom. The summed E-state index contributed by atoms with van der Waals surface area (Å²) >= 11 is 5.99. The summed E-state index contributed by atoms with van der Waals surface area (Å²) in [6, 6.07) is 6.55. The van der Waals surface area contributed by atoms with Gasteiger partial charge in [-0.05, 0) is 31.5 Å². The molecule has 1 aliphatic heterocycles. The van der Waals surface area contributed by atoms with Gasteiger partial charge in [-0.2, -0.15) is 0 Å². The van der Waals surface area contributed by atoms with Crippen molar-refractivity contribution in [1.29, 1.82) is 0 Å². The number of nitrogens with one attached hydrogen (secondary N) is 1. The van der Waals surface area contributed by atoms with E-state index in [1.54, 1.807) is 0 Å². The fourth-order valence-corrected chi connectivity index (χ4v) is 1.96. The van der Waals surface area contributed by atoms with E-state index in [1.807, 2.05) is 18.2 Å². The Morgan fingerprint density at radius 1 is 1.50 bits per heavy atom. The lowest BCUT2D eigenvalue weighted by molar-refractivity contribution is 0.657. The minimum Gasteiger partial charge on any atom is -0.383 e. The van der Waals surface area contributed by atoms with Crippen molar-refractivity contribution in [2.45, 2.75) is 19.4 Å². The summed E-state index contributed by atoms with van der Waals surface area (Å²) < 4.78 is 0. The summed E-state index contributed by atoms with van der Waals surface area (Å²) in [4.78, 5) is 2.28. The van der Waals surface area contributed by atoms with Crippen molar-refractivity contribution in [3.05, 3.63) is 23.2 Å². The number of rotatable bonds is 0. The minimum atomic E-state index is 0.558. The van der Waals surface area contributed by atoms with E-state index in [-0.39, 0.29) is 0 Å². The Balaban J connectivity index is 2.44. The SMILES string of the molecule is CC1CCNc2ccc(Cl)cc2N1C. The zero-order valence-corrected chi connectivity index (χ0v) is 9.30. The molecule has 0 aromatic heterocycles. The molecule has 0 aliphatic carbocycles. The van der Waals surface area contributed by atoms with Crippen LogP contribution in [0.1, 0.15) is 13.3 Å². The summed E-state index contributed by atoms with van der Waals surface area (Å²) in [5.74, 6) is 0. The van der Waals surface area contributed by atoms with Crippen molar-refractivity contribution < 1.29 is 0 Å². The third-order valence-corrected chi connectivity index (χ3v) is 3.11. The van der Waals surface area contributed by atoms with Gasteiger partial charge in [0.2, 0.25) is 0 Å². The highest BCUT2D eigenvalue weighted by atomic mass is 35.5. The average Bonchev–Trinajstić information content (AvgIpc) is 2.30. The molecule has 0 saturated heterocycles. The second-order valence-corrected chi connectivity index (χ2v) is 4.27.